The van der Waals surface area contributed by atoms with E-state index in [1.54, 1.807) is 12.1 Å². The van der Waals surface area contributed by atoms with E-state index < -0.39 is 0 Å². The Labute approximate surface area is 123 Å². The summed E-state index contributed by atoms with van der Waals surface area (Å²) in [7, 11) is 0. The lowest BCUT2D eigenvalue weighted by atomic mass is 10.1. The van der Waals surface area contributed by atoms with Crippen LogP contribution in [0.2, 0.25) is 0 Å². The number of nitro benzene ring substituents is 1. The number of hydrogen-bond donors (Lipinski definition) is 2. The first-order chi connectivity index (χ1) is 10.1. The average Bonchev–Trinajstić information content (AvgIpc) is 2.92. The first-order valence-electron chi connectivity index (χ1n) is 6.94. The molecule has 0 radical (unpaired) electrons. The summed E-state index contributed by atoms with van der Waals surface area (Å²) >= 11 is 0. The molecule has 1 heterocycles. The molecule has 0 saturated heterocycles. The van der Waals surface area contributed by atoms with E-state index >= 15 is 0 Å². The molecule has 2 aromatic carbocycles. The summed E-state index contributed by atoms with van der Waals surface area (Å²) in [6.45, 7) is 4.33. The molecule has 2 aromatic rings. The quantitative estimate of drug-likeness (QED) is 0.668. The Morgan fingerprint density at radius 3 is 2.81 bits per heavy atom. The van der Waals surface area contributed by atoms with Gasteiger partial charge in [0.05, 0.1) is 4.92 Å². The van der Waals surface area contributed by atoms with Gasteiger partial charge in [-0.1, -0.05) is 24.3 Å². The second-order valence-electron chi connectivity index (χ2n) is 5.34. The molecule has 0 amide bonds. The Morgan fingerprint density at radius 1 is 1.19 bits per heavy atom. The van der Waals surface area contributed by atoms with Gasteiger partial charge in [-0.3, -0.25) is 10.1 Å². The summed E-state index contributed by atoms with van der Waals surface area (Å²) in [4.78, 5) is 10.7. The molecule has 0 spiro atoms. The molecule has 0 saturated carbocycles. The van der Waals surface area contributed by atoms with Crippen molar-refractivity contribution in [3.63, 3.8) is 0 Å². The van der Waals surface area contributed by atoms with Crippen molar-refractivity contribution in [2.24, 2.45) is 0 Å². The van der Waals surface area contributed by atoms with Gasteiger partial charge in [0, 0.05) is 25.7 Å². The van der Waals surface area contributed by atoms with Gasteiger partial charge in [-0.15, -0.1) is 0 Å². The minimum absolute atomic E-state index is 0.114. The lowest BCUT2D eigenvalue weighted by molar-refractivity contribution is -0.384. The maximum Gasteiger partial charge on any atom is 0.292 e. The van der Waals surface area contributed by atoms with Crippen molar-refractivity contribution >= 4 is 11.4 Å². The summed E-state index contributed by atoms with van der Waals surface area (Å²) < 4.78 is 0. The SMILES string of the molecule is Cc1ccc([N+](=O)[O-])c(NCc2ccc3c(c2)CNC3)c1. The summed E-state index contributed by atoms with van der Waals surface area (Å²) in [5.74, 6) is 0. The predicted molar refractivity (Wildman–Crippen MR) is 82.1 cm³/mol. The van der Waals surface area contributed by atoms with E-state index in [0.29, 0.717) is 12.2 Å². The highest BCUT2D eigenvalue weighted by molar-refractivity contribution is 5.62. The molecule has 5 nitrogen and oxygen atoms in total. The number of nitrogens with one attached hydrogen (secondary N) is 2. The Bertz CT molecular complexity index is 698. The van der Waals surface area contributed by atoms with Gasteiger partial charge in [0.2, 0.25) is 0 Å². The molecule has 3 rings (SSSR count). The first kappa shape index (κ1) is 13.6. The average molecular weight is 283 g/mol. The monoisotopic (exact) mass is 283 g/mol. The molecule has 108 valence electrons. The minimum Gasteiger partial charge on any atom is -0.375 e. The van der Waals surface area contributed by atoms with Crippen LogP contribution in [0.25, 0.3) is 0 Å². The zero-order valence-electron chi connectivity index (χ0n) is 11.8. The van der Waals surface area contributed by atoms with E-state index in [4.69, 9.17) is 0 Å². The number of hydrogen-bond acceptors (Lipinski definition) is 4. The molecule has 2 N–H and O–H groups in total. The van der Waals surface area contributed by atoms with Crippen molar-refractivity contribution in [2.75, 3.05) is 5.32 Å². The lowest BCUT2D eigenvalue weighted by Gasteiger charge is -2.09. The van der Waals surface area contributed by atoms with Crippen molar-refractivity contribution in [1.82, 2.24) is 5.32 Å². The van der Waals surface area contributed by atoms with Gasteiger partial charge >= 0.3 is 0 Å². The zero-order chi connectivity index (χ0) is 14.8. The fourth-order valence-electron chi connectivity index (χ4n) is 2.61. The van der Waals surface area contributed by atoms with Gasteiger partial charge in [0.1, 0.15) is 5.69 Å². The van der Waals surface area contributed by atoms with Crippen LogP contribution in [-0.4, -0.2) is 4.92 Å². The number of anilines is 1. The predicted octanol–water partition coefficient (Wildman–Crippen LogP) is 3.12. The van der Waals surface area contributed by atoms with Crippen LogP contribution in [-0.2, 0) is 19.6 Å². The Hall–Kier alpha value is -2.40. The van der Waals surface area contributed by atoms with Gasteiger partial charge < -0.3 is 10.6 Å². The van der Waals surface area contributed by atoms with Crippen LogP contribution >= 0.6 is 0 Å². The normalized spacial score (nSPS) is 13.0. The third kappa shape index (κ3) is 2.87. The third-order valence-corrected chi connectivity index (χ3v) is 3.73. The lowest BCUT2D eigenvalue weighted by Crippen LogP contribution is -2.03. The first-order valence-corrected chi connectivity index (χ1v) is 6.94. The van der Waals surface area contributed by atoms with Crippen molar-refractivity contribution in [3.05, 3.63) is 68.8 Å². The number of fused-ring (bicyclic) bond motifs is 1. The molecular weight excluding hydrogens is 266 g/mol. The van der Waals surface area contributed by atoms with Crippen molar-refractivity contribution < 1.29 is 4.92 Å². The number of benzene rings is 2. The molecule has 1 aliphatic rings. The summed E-state index contributed by atoms with van der Waals surface area (Å²) in [6.07, 6.45) is 0. The van der Waals surface area contributed by atoms with Crippen molar-refractivity contribution in [1.29, 1.82) is 0 Å². The zero-order valence-corrected chi connectivity index (χ0v) is 11.8. The van der Waals surface area contributed by atoms with Crippen LogP contribution in [0.15, 0.2) is 36.4 Å². The minimum atomic E-state index is -0.353. The molecule has 5 heteroatoms. The largest absolute Gasteiger partial charge is 0.375 e. The molecule has 0 fully saturated rings. The van der Waals surface area contributed by atoms with Crippen LogP contribution in [0.4, 0.5) is 11.4 Å². The third-order valence-electron chi connectivity index (χ3n) is 3.73. The number of nitrogens with zero attached hydrogens (tertiary/aromatic N) is 1. The fourth-order valence-corrected chi connectivity index (χ4v) is 2.61. The van der Waals surface area contributed by atoms with Crippen LogP contribution < -0.4 is 10.6 Å². The molecule has 0 bridgehead atoms. The highest BCUT2D eigenvalue weighted by Crippen LogP contribution is 2.26. The van der Waals surface area contributed by atoms with E-state index in [1.807, 2.05) is 13.0 Å². The number of rotatable bonds is 4. The van der Waals surface area contributed by atoms with Crippen molar-refractivity contribution in [2.45, 2.75) is 26.6 Å². The fraction of sp³-hybridized carbons (Fsp3) is 0.250. The second kappa shape index (κ2) is 5.54. The van der Waals surface area contributed by atoms with Gasteiger partial charge in [-0.05, 0) is 35.2 Å². The molecule has 0 atom stereocenters. The topological polar surface area (TPSA) is 67.2 Å². The van der Waals surface area contributed by atoms with E-state index in [9.17, 15) is 10.1 Å². The summed E-state index contributed by atoms with van der Waals surface area (Å²) in [5.41, 5.74) is 5.46. The molecule has 0 unspecified atom stereocenters. The molecule has 0 aliphatic carbocycles. The van der Waals surface area contributed by atoms with E-state index in [1.165, 1.54) is 11.1 Å². The Balaban J connectivity index is 1.78. The Kier molecular flexibility index (Phi) is 3.58. The maximum absolute atomic E-state index is 11.1. The smallest absolute Gasteiger partial charge is 0.292 e. The van der Waals surface area contributed by atoms with Crippen LogP contribution in [0.1, 0.15) is 22.3 Å². The molecule has 21 heavy (non-hydrogen) atoms. The van der Waals surface area contributed by atoms with Crippen LogP contribution in [0.5, 0.6) is 0 Å². The summed E-state index contributed by atoms with van der Waals surface area (Å²) in [6, 6.07) is 11.5. The number of aryl methyl sites for hydroxylation is 1. The molecular formula is C16H17N3O2. The van der Waals surface area contributed by atoms with Crippen LogP contribution in [0.3, 0.4) is 0 Å². The van der Waals surface area contributed by atoms with Gasteiger partial charge in [0.25, 0.3) is 5.69 Å². The molecule has 0 aromatic heterocycles. The van der Waals surface area contributed by atoms with Gasteiger partial charge in [-0.25, -0.2) is 0 Å². The van der Waals surface area contributed by atoms with E-state index in [0.717, 1.165) is 24.2 Å². The van der Waals surface area contributed by atoms with Crippen molar-refractivity contribution in [3.8, 4) is 0 Å². The summed E-state index contributed by atoms with van der Waals surface area (Å²) in [5, 5.41) is 17.5. The van der Waals surface area contributed by atoms with Crippen LogP contribution in [0, 0.1) is 17.0 Å². The van der Waals surface area contributed by atoms with E-state index in [2.05, 4.69) is 28.8 Å². The Morgan fingerprint density at radius 2 is 2.00 bits per heavy atom. The standard InChI is InChI=1S/C16H17N3O2/c1-11-2-5-16(19(20)21)15(6-11)18-8-12-3-4-13-9-17-10-14(13)7-12/h2-7,17-18H,8-10H2,1H3. The second-order valence-corrected chi connectivity index (χ2v) is 5.34. The highest BCUT2D eigenvalue weighted by atomic mass is 16.6. The highest BCUT2D eigenvalue weighted by Gasteiger charge is 2.14. The van der Waals surface area contributed by atoms with Gasteiger partial charge in [-0.2, -0.15) is 0 Å². The molecule has 1 aliphatic heterocycles. The van der Waals surface area contributed by atoms with E-state index in [-0.39, 0.29) is 10.6 Å². The maximum atomic E-state index is 11.1. The van der Waals surface area contributed by atoms with Gasteiger partial charge in [0.15, 0.2) is 0 Å². The number of nitro groups is 1.